The first kappa shape index (κ1) is 22.0. The Bertz CT molecular complexity index is 961. The van der Waals surface area contributed by atoms with Gasteiger partial charge in [0.2, 0.25) is 5.95 Å². The number of nitrogens with one attached hydrogen (secondary N) is 2. The summed E-state index contributed by atoms with van der Waals surface area (Å²) in [5, 5.41) is 8.42. The Morgan fingerprint density at radius 3 is 2.40 bits per heavy atom. The summed E-state index contributed by atoms with van der Waals surface area (Å²) in [5.41, 5.74) is 3.68. The van der Waals surface area contributed by atoms with Gasteiger partial charge in [0.15, 0.2) is 0 Å². The highest BCUT2D eigenvalue weighted by atomic mass is 15.2. The van der Waals surface area contributed by atoms with Crippen LogP contribution in [0.3, 0.4) is 0 Å². The lowest BCUT2D eigenvalue weighted by atomic mass is 9.91. The maximum atomic E-state index is 4.79. The number of anilines is 2. The van der Waals surface area contributed by atoms with E-state index in [0.29, 0.717) is 12.1 Å². The summed E-state index contributed by atoms with van der Waals surface area (Å²) in [6.45, 7) is 3.10. The van der Waals surface area contributed by atoms with E-state index in [-0.39, 0.29) is 7.43 Å². The van der Waals surface area contributed by atoms with Crippen LogP contribution in [0.2, 0.25) is 0 Å². The molecule has 1 aliphatic rings. The van der Waals surface area contributed by atoms with Crippen LogP contribution >= 0.6 is 0 Å². The van der Waals surface area contributed by atoms with Crippen LogP contribution in [0.4, 0.5) is 11.8 Å². The summed E-state index contributed by atoms with van der Waals surface area (Å²) < 4.78 is 0. The van der Waals surface area contributed by atoms with Crippen molar-refractivity contribution in [3.63, 3.8) is 0 Å². The third-order valence-corrected chi connectivity index (χ3v) is 5.74. The SMILES string of the molecule is C.Cc1cccc(CNC2CCC(Nc3nc(N(C)C)c4ccccc4n3)CC2)c1. The molecule has 1 fully saturated rings. The number of hydrogen-bond donors (Lipinski definition) is 2. The van der Waals surface area contributed by atoms with E-state index >= 15 is 0 Å². The molecular weight excluding hydrogens is 370 g/mol. The van der Waals surface area contributed by atoms with Gasteiger partial charge in [-0.25, -0.2) is 4.98 Å². The molecule has 160 valence electrons. The molecule has 0 unspecified atom stereocenters. The summed E-state index contributed by atoms with van der Waals surface area (Å²) in [7, 11) is 4.06. The van der Waals surface area contributed by atoms with Crippen LogP contribution < -0.4 is 15.5 Å². The predicted octanol–water partition coefficient (Wildman–Crippen LogP) is 5.15. The van der Waals surface area contributed by atoms with Crippen LogP contribution in [0, 0.1) is 6.92 Å². The van der Waals surface area contributed by atoms with Crippen molar-refractivity contribution >= 4 is 22.7 Å². The lowest BCUT2D eigenvalue weighted by molar-refractivity contribution is 0.352. The number of nitrogens with zero attached hydrogens (tertiary/aromatic N) is 3. The molecule has 2 aromatic carbocycles. The molecule has 5 heteroatoms. The predicted molar refractivity (Wildman–Crippen MR) is 128 cm³/mol. The summed E-state index contributed by atoms with van der Waals surface area (Å²) in [5.74, 6) is 1.70. The largest absolute Gasteiger partial charge is 0.362 e. The van der Waals surface area contributed by atoms with Gasteiger partial charge in [-0.15, -0.1) is 0 Å². The molecule has 0 atom stereocenters. The minimum absolute atomic E-state index is 0. The number of rotatable bonds is 6. The molecule has 4 rings (SSSR count). The molecule has 1 heterocycles. The van der Waals surface area contributed by atoms with E-state index in [1.165, 1.54) is 24.0 Å². The van der Waals surface area contributed by atoms with Crippen molar-refractivity contribution in [3.05, 3.63) is 59.7 Å². The Balaban J connectivity index is 0.00000256. The van der Waals surface area contributed by atoms with Crippen molar-refractivity contribution in [2.24, 2.45) is 0 Å². The van der Waals surface area contributed by atoms with Crippen LogP contribution in [0.15, 0.2) is 48.5 Å². The molecule has 0 bridgehead atoms. The van der Waals surface area contributed by atoms with Crippen molar-refractivity contribution in [2.75, 3.05) is 24.3 Å². The number of fused-ring (bicyclic) bond motifs is 1. The smallest absolute Gasteiger partial charge is 0.225 e. The number of benzene rings is 2. The van der Waals surface area contributed by atoms with Crippen LogP contribution in [0.25, 0.3) is 10.9 Å². The first-order chi connectivity index (χ1) is 14.1. The van der Waals surface area contributed by atoms with E-state index in [4.69, 9.17) is 9.97 Å². The molecule has 0 amide bonds. The third-order valence-electron chi connectivity index (χ3n) is 5.74. The summed E-state index contributed by atoms with van der Waals surface area (Å²) in [6.07, 6.45) is 4.63. The number of para-hydroxylation sites is 1. The Labute approximate surface area is 180 Å². The van der Waals surface area contributed by atoms with Crippen molar-refractivity contribution < 1.29 is 0 Å². The van der Waals surface area contributed by atoms with Gasteiger partial charge in [0.1, 0.15) is 5.82 Å². The Hall–Kier alpha value is -2.66. The van der Waals surface area contributed by atoms with E-state index in [1.807, 2.05) is 26.2 Å². The zero-order valence-electron chi connectivity index (χ0n) is 17.7. The molecule has 0 radical (unpaired) electrons. The van der Waals surface area contributed by atoms with E-state index in [1.54, 1.807) is 0 Å². The standard InChI is InChI=1S/C24H31N5.CH4/c1-17-7-6-8-18(15-17)16-25-19-11-13-20(14-12-19)26-24-27-22-10-5-4-9-21(22)23(28-24)29(2)3;/h4-10,15,19-20,25H,11-14,16H2,1-3H3,(H,26,27,28);1H4. The zero-order chi connectivity index (χ0) is 20.2. The average molecular weight is 406 g/mol. The highest BCUT2D eigenvalue weighted by Gasteiger charge is 2.22. The minimum Gasteiger partial charge on any atom is -0.362 e. The van der Waals surface area contributed by atoms with Gasteiger partial charge in [-0.2, -0.15) is 4.98 Å². The van der Waals surface area contributed by atoms with E-state index < -0.39 is 0 Å². The summed E-state index contributed by atoms with van der Waals surface area (Å²) in [4.78, 5) is 11.6. The molecule has 30 heavy (non-hydrogen) atoms. The zero-order valence-corrected chi connectivity index (χ0v) is 17.7. The van der Waals surface area contributed by atoms with Crippen LogP contribution in [-0.4, -0.2) is 36.1 Å². The number of aromatic nitrogens is 2. The fraction of sp³-hybridized carbons (Fsp3) is 0.440. The van der Waals surface area contributed by atoms with Gasteiger partial charge < -0.3 is 15.5 Å². The second-order valence-electron chi connectivity index (χ2n) is 8.35. The van der Waals surface area contributed by atoms with Gasteiger partial charge in [0, 0.05) is 38.1 Å². The minimum atomic E-state index is 0. The van der Waals surface area contributed by atoms with Crippen molar-refractivity contribution in [1.82, 2.24) is 15.3 Å². The Morgan fingerprint density at radius 1 is 0.933 bits per heavy atom. The third kappa shape index (κ3) is 5.28. The van der Waals surface area contributed by atoms with E-state index in [0.717, 1.165) is 42.1 Å². The fourth-order valence-corrected chi connectivity index (χ4v) is 4.17. The van der Waals surface area contributed by atoms with E-state index in [9.17, 15) is 0 Å². The van der Waals surface area contributed by atoms with Crippen LogP contribution in [0.5, 0.6) is 0 Å². The lowest BCUT2D eigenvalue weighted by Crippen LogP contribution is -2.37. The van der Waals surface area contributed by atoms with E-state index in [2.05, 4.69) is 58.9 Å². The van der Waals surface area contributed by atoms with Gasteiger partial charge in [0.05, 0.1) is 5.52 Å². The molecule has 5 nitrogen and oxygen atoms in total. The molecule has 0 aliphatic heterocycles. The molecule has 1 aromatic heterocycles. The molecule has 0 saturated heterocycles. The van der Waals surface area contributed by atoms with Crippen LogP contribution in [-0.2, 0) is 6.54 Å². The molecule has 3 aromatic rings. The fourth-order valence-electron chi connectivity index (χ4n) is 4.17. The molecule has 0 spiro atoms. The first-order valence-electron chi connectivity index (χ1n) is 10.6. The van der Waals surface area contributed by atoms with Crippen molar-refractivity contribution in [1.29, 1.82) is 0 Å². The average Bonchev–Trinajstić information content (AvgIpc) is 2.72. The second kappa shape index (κ2) is 9.90. The van der Waals surface area contributed by atoms with Crippen LogP contribution in [0.1, 0.15) is 44.2 Å². The highest BCUT2D eigenvalue weighted by Crippen LogP contribution is 2.26. The van der Waals surface area contributed by atoms with Gasteiger partial charge >= 0.3 is 0 Å². The molecule has 1 saturated carbocycles. The quantitative estimate of drug-likeness (QED) is 0.594. The topological polar surface area (TPSA) is 53.1 Å². The number of aryl methyl sites for hydroxylation is 1. The number of hydrogen-bond acceptors (Lipinski definition) is 5. The highest BCUT2D eigenvalue weighted by molar-refractivity contribution is 5.90. The van der Waals surface area contributed by atoms with Crippen molar-refractivity contribution in [2.45, 2.75) is 58.7 Å². The molecule has 2 N–H and O–H groups in total. The van der Waals surface area contributed by atoms with Gasteiger partial charge in [-0.05, 0) is 50.3 Å². The molecular formula is C25H35N5. The Kier molecular flexibility index (Phi) is 7.27. The summed E-state index contributed by atoms with van der Waals surface area (Å²) in [6, 6.07) is 18.0. The maximum absolute atomic E-state index is 4.79. The van der Waals surface area contributed by atoms with Gasteiger partial charge in [0.25, 0.3) is 0 Å². The lowest BCUT2D eigenvalue weighted by Gasteiger charge is -2.30. The normalized spacial score (nSPS) is 18.6. The summed E-state index contributed by atoms with van der Waals surface area (Å²) >= 11 is 0. The Morgan fingerprint density at radius 2 is 1.67 bits per heavy atom. The second-order valence-corrected chi connectivity index (χ2v) is 8.35. The van der Waals surface area contributed by atoms with Crippen molar-refractivity contribution in [3.8, 4) is 0 Å². The first-order valence-corrected chi connectivity index (χ1v) is 10.6. The maximum Gasteiger partial charge on any atom is 0.225 e. The monoisotopic (exact) mass is 405 g/mol. The van der Waals surface area contributed by atoms with Gasteiger partial charge in [-0.3, -0.25) is 0 Å². The molecule has 1 aliphatic carbocycles. The van der Waals surface area contributed by atoms with Gasteiger partial charge in [-0.1, -0.05) is 49.4 Å².